The van der Waals surface area contributed by atoms with Gasteiger partial charge in [-0.1, -0.05) is 0 Å². The Kier molecular flexibility index (Phi) is 5.26. The molecular weight excluding hydrogens is 437 g/mol. The van der Waals surface area contributed by atoms with Crippen molar-refractivity contribution in [2.45, 2.75) is 32.0 Å². The molecule has 11 heteroatoms. The molecule has 172 valence electrons. The first-order valence-electron chi connectivity index (χ1n) is 10.6. The number of fused-ring (bicyclic) bond motifs is 1. The third-order valence-corrected chi connectivity index (χ3v) is 6.11. The molecule has 0 aromatic carbocycles. The Labute approximate surface area is 187 Å². The SMILES string of the molecule is Cc1ccc(-n2nccn2)c(C(=O)N2CC3CC3CC2COc2ccc(C(F)(F)F)cn2)n1. The lowest BCUT2D eigenvalue weighted by molar-refractivity contribution is -0.137. The molecule has 0 spiro atoms. The summed E-state index contributed by atoms with van der Waals surface area (Å²) in [7, 11) is 0. The molecule has 33 heavy (non-hydrogen) atoms. The fourth-order valence-corrected chi connectivity index (χ4v) is 4.27. The van der Waals surface area contributed by atoms with Crippen molar-refractivity contribution in [2.24, 2.45) is 11.8 Å². The summed E-state index contributed by atoms with van der Waals surface area (Å²) >= 11 is 0. The Balaban J connectivity index is 1.36. The molecule has 1 saturated carbocycles. The van der Waals surface area contributed by atoms with Gasteiger partial charge in [0.2, 0.25) is 5.88 Å². The van der Waals surface area contributed by atoms with Gasteiger partial charge in [-0.2, -0.15) is 23.4 Å². The fraction of sp³-hybridized carbons (Fsp3) is 0.409. The van der Waals surface area contributed by atoms with Gasteiger partial charge in [0.05, 0.1) is 24.0 Å². The molecule has 4 heterocycles. The number of rotatable bonds is 5. The minimum absolute atomic E-state index is 0.0865. The highest BCUT2D eigenvalue weighted by Gasteiger charge is 2.48. The first-order valence-corrected chi connectivity index (χ1v) is 10.6. The van der Waals surface area contributed by atoms with Gasteiger partial charge in [-0.15, -0.1) is 4.80 Å². The quantitative estimate of drug-likeness (QED) is 0.583. The number of carbonyl (C=O) groups is 1. The van der Waals surface area contributed by atoms with Crippen LogP contribution in [0.25, 0.3) is 5.69 Å². The predicted octanol–water partition coefficient (Wildman–Crippen LogP) is 3.31. The van der Waals surface area contributed by atoms with Crippen molar-refractivity contribution < 1.29 is 22.7 Å². The van der Waals surface area contributed by atoms with Crippen molar-refractivity contribution in [2.75, 3.05) is 13.2 Å². The van der Waals surface area contributed by atoms with E-state index >= 15 is 0 Å². The molecule has 2 fully saturated rings. The number of hydrogen-bond donors (Lipinski definition) is 0. The first-order chi connectivity index (χ1) is 15.8. The van der Waals surface area contributed by atoms with Crippen LogP contribution >= 0.6 is 0 Å². The first kappa shape index (κ1) is 21.4. The van der Waals surface area contributed by atoms with Gasteiger partial charge < -0.3 is 9.64 Å². The minimum atomic E-state index is -4.46. The normalized spacial score (nSPS) is 22.1. The number of aromatic nitrogens is 5. The second-order valence-electron chi connectivity index (χ2n) is 8.44. The Morgan fingerprint density at radius 2 is 1.91 bits per heavy atom. The van der Waals surface area contributed by atoms with Crippen LogP contribution in [0.15, 0.2) is 42.9 Å². The van der Waals surface area contributed by atoms with E-state index in [0.717, 1.165) is 25.1 Å². The Bertz CT molecular complexity index is 1150. The Morgan fingerprint density at radius 3 is 2.61 bits per heavy atom. The highest BCUT2D eigenvalue weighted by Crippen LogP contribution is 2.47. The highest BCUT2D eigenvalue weighted by molar-refractivity contribution is 5.96. The number of carbonyl (C=O) groups excluding carboxylic acids is 1. The van der Waals surface area contributed by atoms with Gasteiger partial charge in [-0.3, -0.25) is 4.79 Å². The molecule has 0 radical (unpaired) electrons. The van der Waals surface area contributed by atoms with Crippen LogP contribution in [0.3, 0.4) is 0 Å². The Hall–Kier alpha value is -3.50. The maximum Gasteiger partial charge on any atom is 0.417 e. The average molecular weight is 458 g/mol. The number of ether oxygens (including phenoxy) is 1. The van der Waals surface area contributed by atoms with Crippen LogP contribution in [0.5, 0.6) is 5.88 Å². The van der Waals surface area contributed by atoms with Gasteiger partial charge in [0.1, 0.15) is 12.3 Å². The lowest BCUT2D eigenvalue weighted by Crippen LogP contribution is -2.48. The summed E-state index contributed by atoms with van der Waals surface area (Å²) in [5.41, 5.74) is 0.591. The summed E-state index contributed by atoms with van der Waals surface area (Å²) in [4.78, 5) is 25.0. The fourth-order valence-electron chi connectivity index (χ4n) is 4.27. The largest absolute Gasteiger partial charge is 0.475 e. The number of alkyl halides is 3. The summed E-state index contributed by atoms with van der Waals surface area (Å²) in [6, 6.07) is 5.44. The lowest BCUT2D eigenvalue weighted by atomic mass is 10.0. The molecule has 1 amide bonds. The van der Waals surface area contributed by atoms with Crippen molar-refractivity contribution >= 4 is 5.91 Å². The number of hydrogen-bond acceptors (Lipinski definition) is 6. The molecular formula is C22H21F3N6O2. The zero-order chi connectivity index (χ0) is 23.2. The van der Waals surface area contributed by atoms with Crippen LogP contribution < -0.4 is 4.74 Å². The van der Waals surface area contributed by atoms with Gasteiger partial charge in [0.15, 0.2) is 5.69 Å². The average Bonchev–Trinajstić information content (AvgIpc) is 3.34. The van der Waals surface area contributed by atoms with E-state index in [1.165, 1.54) is 23.3 Å². The molecule has 5 rings (SSSR count). The maximum absolute atomic E-state index is 13.6. The molecule has 3 unspecified atom stereocenters. The second-order valence-corrected chi connectivity index (χ2v) is 8.44. The second kappa shape index (κ2) is 8.13. The third-order valence-electron chi connectivity index (χ3n) is 6.11. The predicted molar refractivity (Wildman–Crippen MR) is 110 cm³/mol. The minimum Gasteiger partial charge on any atom is -0.475 e. The summed E-state index contributed by atoms with van der Waals surface area (Å²) in [6.45, 7) is 2.52. The maximum atomic E-state index is 13.6. The summed E-state index contributed by atoms with van der Waals surface area (Å²) in [5, 5.41) is 8.26. The number of aryl methyl sites for hydroxylation is 1. The molecule has 3 aromatic heterocycles. The molecule has 1 aliphatic heterocycles. The third kappa shape index (κ3) is 4.39. The van der Waals surface area contributed by atoms with E-state index in [0.29, 0.717) is 29.8 Å². The molecule has 3 atom stereocenters. The van der Waals surface area contributed by atoms with Gasteiger partial charge in [-0.25, -0.2) is 9.97 Å². The van der Waals surface area contributed by atoms with Gasteiger partial charge in [0, 0.05) is 24.5 Å². The molecule has 2 aliphatic rings. The van der Waals surface area contributed by atoms with Gasteiger partial charge in [-0.05, 0) is 49.8 Å². The van der Waals surface area contributed by atoms with Crippen molar-refractivity contribution in [3.05, 3.63) is 59.8 Å². The molecule has 0 bridgehead atoms. The van der Waals surface area contributed by atoms with Crippen LogP contribution in [0.2, 0.25) is 0 Å². The highest BCUT2D eigenvalue weighted by atomic mass is 19.4. The van der Waals surface area contributed by atoms with E-state index in [-0.39, 0.29) is 30.1 Å². The van der Waals surface area contributed by atoms with Crippen molar-refractivity contribution in [1.82, 2.24) is 29.9 Å². The number of pyridine rings is 2. The smallest absolute Gasteiger partial charge is 0.417 e. The van der Waals surface area contributed by atoms with Crippen LogP contribution in [-0.4, -0.2) is 55.0 Å². The number of likely N-dealkylation sites (tertiary alicyclic amines) is 1. The van der Waals surface area contributed by atoms with Crippen LogP contribution in [-0.2, 0) is 6.18 Å². The summed E-state index contributed by atoms with van der Waals surface area (Å²) < 4.78 is 44.0. The topological polar surface area (TPSA) is 86.0 Å². The number of halogens is 3. The van der Waals surface area contributed by atoms with Crippen molar-refractivity contribution in [3.63, 3.8) is 0 Å². The lowest BCUT2D eigenvalue weighted by Gasteiger charge is -2.35. The molecule has 3 aromatic rings. The van der Waals surface area contributed by atoms with Gasteiger partial charge in [0.25, 0.3) is 5.91 Å². The van der Waals surface area contributed by atoms with E-state index in [4.69, 9.17) is 4.74 Å². The van der Waals surface area contributed by atoms with E-state index in [2.05, 4.69) is 20.2 Å². The monoisotopic (exact) mass is 458 g/mol. The molecule has 8 nitrogen and oxygen atoms in total. The molecule has 1 aliphatic carbocycles. The van der Waals surface area contributed by atoms with E-state index < -0.39 is 11.7 Å². The van der Waals surface area contributed by atoms with Crippen molar-refractivity contribution in [1.29, 1.82) is 0 Å². The van der Waals surface area contributed by atoms with E-state index in [1.54, 1.807) is 24.0 Å². The van der Waals surface area contributed by atoms with E-state index in [9.17, 15) is 18.0 Å². The number of nitrogens with zero attached hydrogens (tertiary/aromatic N) is 6. The molecule has 0 N–H and O–H groups in total. The zero-order valence-corrected chi connectivity index (χ0v) is 17.7. The van der Waals surface area contributed by atoms with Crippen LogP contribution in [0.1, 0.15) is 34.6 Å². The van der Waals surface area contributed by atoms with Crippen LogP contribution in [0, 0.1) is 18.8 Å². The summed E-state index contributed by atoms with van der Waals surface area (Å²) in [6.07, 6.45) is 1.15. The van der Waals surface area contributed by atoms with E-state index in [1.807, 2.05) is 0 Å². The Morgan fingerprint density at radius 1 is 1.12 bits per heavy atom. The summed E-state index contributed by atoms with van der Waals surface area (Å²) in [5.74, 6) is 0.820. The standard InChI is InChI=1S/C22H21F3N6O2/c1-13-2-4-18(31-27-6-7-28-31)20(29-13)21(32)30-11-15-8-14(15)9-17(30)12-33-19-5-3-16(10-26-19)22(23,24)25/h2-7,10,14-15,17H,8-9,11-12H2,1H3. The number of piperidine rings is 1. The van der Waals surface area contributed by atoms with Crippen LogP contribution in [0.4, 0.5) is 13.2 Å². The zero-order valence-electron chi connectivity index (χ0n) is 17.7. The van der Waals surface area contributed by atoms with Gasteiger partial charge >= 0.3 is 6.18 Å². The molecule has 1 saturated heterocycles. The van der Waals surface area contributed by atoms with Crippen molar-refractivity contribution in [3.8, 4) is 11.6 Å². The number of amides is 1.